The molecule has 0 aliphatic rings. The summed E-state index contributed by atoms with van der Waals surface area (Å²) in [6.45, 7) is 5.60. The molecule has 0 aliphatic carbocycles. The number of nitrogens with zero attached hydrogens (tertiary/aromatic N) is 2. The van der Waals surface area contributed by atoms with E-state index < -0.39 is 0 Å². The highest BCUT2D eigenvalue weighted by atomic mass is 35.5. The van der Waals surface area contributed by atoms with Crippen molar-refractivity contribution in [3.8, 4) is 0 Å². The molecule has 0 spiro atoms. The predicted octanol–water partition coefficient (Wildman–Crippen LogP) is 4.56. The molecular formula is C14H16Cl3N3. The van der Waals surface area contributed by atoms with E-state index in [2.05, 4.69) is 10.4 Å². The van der Waals surface area contributed by atoms with Crippen LogP contribution in [0.3, 0.4) is 0 Å². The molecule has 1 heterocycles. The van der Waals surface area contributed by atoms with Gasteiger partial charge in [0.25, 0.3) is 0 Å². The van der Waals surface area contributed by atoms with Gasteiger partial charge in [-0.1, -0.05) is 47.8 Å². The van der Waals surface area contributed by atoms with Gasteiger partial charge in [0.15, 0.2) is 0 Å². The van der Waals surface area contributed by atoms with Gasteiger partial charge in [0.2, 0.25) is 0 Å². The van der Waals surface area contributed by atoms with Crippen molar-refractivity contribution in [3.63, 3.8) is 0 Å². The highest BCUT2D eigenvalue weighted by Crippen LogP contribution is 2.33. The molecule has 0 amide bonds. The zero-order chi connectivity index (χ0) is 14.7. The summed E-state index contributed by atoms with van der Waals surface area (Å²) in [4.78, 5) is 0. The summed E-state index contributed by atoms with van der Waals surface area (Å²) >= 11 is 18.6. The first-order chi connectivity index (χ1) is 9.58. The van der Waals surface area contributed by atoms with Crippen LogP contribution in [-0.2, 0) is 6.54 Å². The zero-order valence-electron chi connectivity index (χ0n) is 11.3. The van der Waals surface area contributed by atoms with E-state index >= 15 is 0 Å². The van der Waals surface area contributed by atoms with Crippen LogP contribution in [0.15, 0.2) is 24.4 Å². The fourth-order valence-corrected chi connectivity index (χ4v) is 2.97. The summed E-state index contributed by atoms with van der Waals surface area (Å²) in [6, 6.07) is 5.37. The number of aromatic nitrogens is 2. The van der Waals surface area contributed by atoms with Crippen molar-refractivity contribution in [2.45, 2.75) is 26.4 Å². The topological polar surface area (TPSA) is 29.9 Å². The molecule has 1 atom stereocenters. The second-order valence-electron chi connectivity index (χ2n) is 4.35. The van der Waals surface area contributed by atoms with Gasteiger partial charge in [-0.3, -0.25) is 4.68 Å². The maximum atomic E-state index is 6.33. The number of hydrogen-bond donors (Lipinski definition) is 1. The van der Waals surface area contributed by atoms with E-state index in [1.807, 2.05) is 30.7 Å². The molecular weight excluding hydrogens is 317 g/mol. The van der Waals surface area contributed by atoms with E-state index in [0.29, 0.717) is 15.1 Å². The van der Waals surface area contributed by atoms with E-state index in [-0.39, 0.29) is 6.04 Å². The molecule has 1 aromatic heterocycles. The van der Waals surface area contributed by atoms with Gasteiger partial charge >= 0.3 is 0 Å². The van der Waals surface area contributed by atoms with Crippen LogP contribution in [0.4, 0.5) is 0 Å². The third-order valence-corrected chi connectivity index (χ3v) is 3.94. The number of aryl methyl sites for hydroxylation is 1. The Morgan fingerprint density at radius 1 is 1.20 bits per heavy atom. The number of hydrogen-bond acceptors (Lipinski definition) is 2. The maximum absolute atomic E-state index is 6.33. The zero-order valence-corrected chi connectivity index (χ0v) is 13.6. The Bertz CT molecular complexity index is 595. The van der Waals surface area contributed by atoms with Crippen molar-refractivity contribution < 1.29 is 0 Å². The smallest absolute Gasteiger partial charge is 0.0837 e. The van der Waals surface area contributed by atoms with E-state index in [4.69, 9.17) is 34.8 Å². The summed E-state index contributed by atoms with van der Waals surface area (Å²) in [6.07, 6.45) is 1.66. The number of rotatable bonds is 5. The first-order valence-corrected chi connectivity index (χ1v) is 7.61. The predicted molar refractivity (Wildman–Crippen MR) is 84.9 cm³/mol. The molecule has 1 N–H and O–H groups in total. The standard InChI is InChI=1S/C14H16Cl3N3/c1-3-18-13(10-6-5-9(15)7-11(10)16)14-12(17)8-19-20(14)4-2/h5-8,13,18H,3-4H2,1-2H3. The van der Waals surface area contributed by atoms with Gasteiger partial charge in [-0.15, -0.1) is 0 Å². The lowest BCUT2D eigenvalue weighted by Gasteiger charge is -2.21. The fourth-order valence-electron chi connectivity index (χ4n) is 2.20. The Labute approximate surface area is 133 Å². The van der Waals surface area contributed by atoms with Gasteiger partial charge in [0, 0.05) is 16.6 Å². The van der Waals surface area contributed by atoms with E-state index in [1.165, 1.54) is 0 Å². The average molecular weight is 333 g/mol. The normalized spacial score (nSPS) is 12.7. The van der Waals surface area contributed by atoms with Gasteiger partial charge in [-0.25, -0.2) is 0 Å². The molecule has 3 nitrogen and oxygen atoms in total. The average Bonchev–Trinajstić information content (AvgIpc) is 2.78. The number of nitrogens with one attached hydrogen (secondary N) is 1. The van der Waals surface area contributed by atoms with Crippen molar-refractivity contribution in [2.75, 3.05) is 6.54 Å². The Hall–Kier alpha value is -0.740. The van der Waals surface area contributed by atoms with E-state index in [1.54, 1.807) is 12.3 Å². The quantitative estimate of drug-likeness (QED) is 0.869. The van der Waals surface area contributed by atoms with E-state index in [0.717, 1.165) is 24.3 Å². The van der Waals surface area contributed by atoms with Crippen LogP contribution in [0, 0.1) is 0 Å². The molecule has 2 aromatic rings. The molecule has 108 valence electrons. The molecule has 0 radical (unpaired) electrons. The Morgan fingerprint density at radius 2 is 1.95 bits per heavy atom. The Balaban J connectivity index is 2.53. The lowest BCUT2D eigenvalue weighted by Crippen LogP contribution is -2.25. The van der Waals surface area contributed by atoms with Crippen LogP contribution in [0.5, 0.6) is 0 Å². The molecule has 1 unspecified atom stereocenters. The molecule has 1 aromatic carbocycles. The van der Waals surface area contributed by atoms with Crippen molar-refractivity contribution in [3.05, 3.63) is 50.7 Å². The molecule has 0 fully saturated rings. The summed E-state index contributed by atoms with van der Waals surface area (Å²) in [5.41, 5.74) is 1.86. The fraction of sp³-hybridized carbons (Fsp3) is 0.357. The largest absolute Gasteiger partial charge is 0.305 e. The van der Waals surface area contributed by atoms with Crippen LogP contribution >= 0.6 is 34.8 Å². The second kappa shape index (κ2) is 6.81. The summed E-state index contributed by atoms with van der Waals surface area (Å²) in [5.74, 6) is 0. The van der Waals surface area contributed by atoms with Gasteiger partial charge in [-0.2, -0.15) is 5.10 Å². The number of benzene rings is 1. The first kappa shape index (κ1) is 15.6. The summed E-state index contributed by atoms with van der Waals surface area (Å²) < 4.78 is 1.88. The Kier molecular flexibility index (Phi) is 5.33. The lowest BCUT2D eigenvalue weighted by atomic mass is 10.0. The SMILES string of the molecule is CCNC(c1ccc(Cl)cc1Cl)c1c(Cl)cnn1CC. The highest BCUT2D eigenvalue weighted by molar-refractivity contribution is 6.35. The monoisotopic (exact) mass is 331 g/mol. The van der Waals surface area contributed by atoms with Gasteiger partial charge in [0.1, 0.15) is 0 Å². The minimum absolute atomic E-state index is 0.111. The van der Waals surface area contributed by atoms with Gasteiger partial charge in [-0.05, 0) is 31.2 Å². The number of halogens is 3. The van der Waals surface area contributed by atoms with Crippen LogP contribution < -0.4 is 5.32 Å². The molecule has 20 heavy (non-hydrogen) atoms. The molecule has 0 aliphatic heterocycles. The molecule has 0 saturated carbocycles. The van der Waals surface area contributed by atoms with Gasteiger partial charge < -0.3 is 5.32 Å². The van der Waals surface area contributed by atoms with Crippen molar-refractivity contribution in [1.82, 2.24) is 15.1 Å². The first-order valence-electron chi connectivity index (χ1n) is 6.48. The maximum Gasteiger partial charge on any atom is 0.0837 e. The van der Waals surface area contributed by atoms with Crippen molar-refractivity contribution in [2.24, 2.45) is 0 Å². The van der Waals surface area contributed by atoms with Gasteiger partial charge in [0.05, 0.1) is 23.0 Å². The van der Waals surface area contributed by atoms with Crippen molar-refractivity contribution >= 4 is 34.8 Å². The van der Waals surface area contributed by atoms with Crippen LogP contribution in [-0.4, -0.2) is 16.3 Å². The van der Waals surface area contributed by atoms with Crippen LogP contribution in [0.2, 0.25) is 15.1 Å². The third-order valence-electron chi connectivity index (χ3n) is 3.09. The van der Waals surface area contributed by atoms with E-state index in [9.17, 15) is 0 Å². The lowest BCUT2D eigenvalue weighted by molar-refractivity contribution is 0.542. The Morgan fingerprint density at radius 3 is 2.55 bits per heavy atom. The highest BCUT2D eigenvalue weighted by Gasteiger charge is 2.23. The summed E-state index contributed by atoms with van der Waals surface area (Å²) in [7, 11) is 0. The molecule has 2 rings (SSSR count). The summed E-state index contributed by atoms with van der Waals surface area (Å²) in [5, 5.41) is 9.55. The molecule has 0 saturated heterocycles. The second-order valence-corrected chi connectivity index (χ2v) is 5.60. The van der Waals surface area contributed by atoms with Crippen molar-refractivity contribution in [1.29, 1.82) is 0 Å². The minimum atomic E-state index is -0.111. The van der Waals surface area contributed by atoms with Crippen LogP contribution in [0.25, 0.3) is 0 Å². The molecule has 6 heteroatoms. The third kappa shape index (κ3) is 3.12. The minimum Gasteiger partial charge on any atom is -0.305 e. The molecule has 0 bridgehead atoms. The van der Waals surface area contributed by atoms with Crippen LogP contribution in [0.1, 0.15) is 31.1 Å².